The van der Waals surface area contributed by atoms with Gasteiger partial charge in [-0.05, 0) is 54.8 Å². The van der Waals surface area contributed by atoms with E-state index >= 15 is 0 Å². The van der Waals surface area contributed by atoms with Crippen LogP contribution in [0.5, 0.6) is 23.0 Å². The van der Waals surface area contributed by atoms with Crippen LogP contribution in [0.3, 0.4) is 0 Å². The summed E-state index contributed by atoms with van der Waals surface area (Å²) in [6.07, 6.45) is -14.8. The van der Waals surface area contributed by atoms with Crippen LogP contribution in [0.2, 0.25) is 0 Å². The Morgan fingerprint density at radius 1 is 0.837 bits per heavy atom. The normalized spacial score (nSPS) is 30.5. The van der Waals surface area contributed by atoms with Crippen LogP contribution >= 0.6 is 0 Å². The van der Waals surface area contributed by atoms with Crippen molar-refractivity contribution in [3.8, 4) is 23.0 Å². The third-order valence-corrected chi connectivity index (χ3v) is 7.91. The zero-order valence-corrected chi connectivity index (χ0v) is 30.0. The van der Waals surface area contributed by atoms with Gasteiger partial charge in [0, 0.05) is 6.08 Å². The number of aliphatic hydroxyl groups is 4. The second-order valence-electron chi connectivity index (χ2n) is 10.9. The van der Waals surface area contributed by atoms with Gasteiger partial charge < -0.3 is 69.1 Å². The summed E-state index contributed by atoms with van der Waals surface area (Å²) in [6.45, 7) is 0.442. The smallest absolute Gasteiger partial charge is 0.726 e. The summed E-state index contributed by atoms with van der Waals surface area (Å²) in [6, 6.07) is 7.73. The monoisotopic (exact) mass is 742 g/mol. The van der Waals surface area contributed by atoms with Crippen molar-refractivity contribution in [1.82, 2.24) is 0 Å². The Hall–Kier alpha value is -1.96. The Morgan fingerprint density at radius 2 is 1.47 bits per heavy atom. The molecule has 0 aliphatic carbocycles. The minimum Gasteiger partial charge on any atom is -0.726 e. The number of phenols is 4. The first-order valence-electron chi connectivity index (χ1n) is 14.4. The van der Waals surface area contributed by atoms with Crippen molar-refractivity contribution >= 4 is 22.4 Å². The fourth-order valence-electron chi connectivity index (χ4n) is 4.89. The Bertz CT molecular complexity index is 1560. The van der Waals surface area contributed by atoms with Crippen molar-refractivity contribution in [1.29, 1.82) is 0 Å². The summed E-state index contributed by atoms with van der Waals surface area (Å²) < 4.78 is 66.0. The molecule has 8 N–H and O–H groups in total. The van der Waals surface area contributed by atoms with Gasteiger partial charge in [-0.15, -0.1) is 0 Å². The van der Waals surface area contributed by atoms with Crippen LogP contribution in [0.25, 0.3) is 6.08 Å². The van der Waals surface area contributed by atoms with E-state index < -0.39 is 95.9 Å². The largest absolute Gasteiger partial charge is 1.00 e. The molecule has 2 aliphatic rings. The third-order valence-electron chi connectivity index (χ3n) is 7.46. The maximum absolute atomic E-state index is 12.7. The first-order chi connectivity index (χ1) is 22.5. The standard InChI is InChI=1S/C29H36O18S.K/c1-13-22(35)23(36)27(47-48(39,40)41)29(44-13)43-12-20-26(46-21(34)7-4-14-2-5-16(30)18(32)10-14)24(37)25(38)28(45-20)42-9-8-15-3-6-17(31)19(33)11-15;/h2-7,10-11,13,20,22-33,35-38H,8-9,12H2,1H3,(H,39,40,41);/q;+1/p-1/b7-4+;/t13-,20+,22-,23+,24+,25+,26+,27+,28+,29+;/m0./s1. The SMILES string of the molecule is C[C@@H]1O[C@@H](OC[C@H]2O[C@@H](OCCc3ccc(O)c(O)c3)[C@H](O)[C@@H](O)[C@@H]2OC(=O)/C=C/c2ccc(O)c(O)c2)[C@H](OS(=O)(=O)[O-])[C@H](O)[C@H]1O.[K+]. The number of esters is 1. The van der Waals surface area contributed by atoms with Gasteiger partial charge >= 0.3 is 57.4 Å². The molecule has 2 heterocycles. The Kier molecular flexibility index (Phi) is 15.2. The molecule has 4 rings (SSSR count). The van der Waals surface area contributed by atoms with E-state index in [1.165, 1.54) is 43.3 Å². The van der Waals surface area contributed by atoms with Crippen LogP contribution in [0.15, 0.2) is 42.5 Å². The number of carbonyl (C=O) groups excluding carboxylic acids is 1. The molecule has 2 aromatic carbocycles. The zero-order chi connectivity index (χ0) is 35.3. The number of aliphatic hydroxyl groups excluding tert-OH is 4. The first-order valence-corrected chi connectivity index (χ1v) is 15.7. The maximum atomic E-state index is 12.7. The molecule has 2 fully saturated rings. The van der Waals surface area contributed by atoms with Crippen LogP contribution in [0.1, 0.15) is 18.1 Å². The van der Waals surface area contributed by atoms with Crippen molar-refractivity contribution < 1.29 is 138 Å². The molecule has 2 saturated heterocycles. The quantitative estimate of drug-likeness (QED) is 0.0254. The van der Waals surface area contributed by atoms with Gasteiger partial charge in [0.1, 0.15) is 30.5 Å². The number of hydrogen-bond acceptors (Lipinski definition) is 18. The molecule has 0 radical (unpaired) electrons. The summed E-state index contributed by atoms with van der Waals surface area (Å²) in [5, 5.41) is 80.6. The van der Waals surface area contributed by atoms with Gasteiger partial charge in [-0.1, -0.05) is 12.1 Å². The van der Waals surface area contributed by atoms with Gasteiger partial charge in [0.2, 0.25) is 10.4 Å². The van der Waals surface area contributed by atoms with Gasteiger partial charge in [-0.25, -0.2) is 13.2 Å². The molecule has 0 spiro atoms. The summed E-state index contributed by atoms with van der Waals surface area (Å²) in [7, 11) is -5.44. The molecule has 0 aromatic heterocycles. The minimum atomic E-state index is -5.44. The molecule has 0 unspecified atom stereocenters. The Balaban J connectivity index is 0.00000650. The number of phenolic OH excluding ortho intramolecular Hbond substituents is 4. The fraction of sp³-hybridized carbons (Fsp3) is 0.483. The van der Waals surface area contributed by atoms with Crippen LogP contribution in [-0.2, 0) is 49.5 Å². The molecule has 0 saturated carbocycles. The second kappa shape index (κ2) is 18.0. The number of benzene rings is 2. The summed E-state index contributed by atoms with van der Waals surface area (Å²) in [4.78, 5) is 12.7. The van der Waals surface area contributed by atoms with Crippen molar-refractivity contribution in [2.24, 2.45) is 0 Å². The van der Waals surface area contributed by atoms with E-state index in [9.17, 15) is 58.6 Å². The average molecular weight is 743 g/mol. The van der Waals surface area contributed by atoms with Gasteiger partial charge in [0.15, 0.2) is 47.8 Å². The van der Waals surface area contributed by atoms with E-state index in [1.807, 2.05) is 0 Å². The Morgan fingerprint density at radius 3 is 2.10 bits per heavy atom. The van der Waals surface area contributed by atoms with Gasteiger partial charge in [0.05, 0.1) is 19.3 Å². The van der Waals surface area contributed by atoms with Crippen molar-refractivity contribution in [3.63, 3.8) is 0 Å². The zero-order valence-electron chi connectivity index (χ0n) is 26.1. The van der Waals surface area contributed by atoms with E-state index in [4.69, 9.17) is 23.7 Å². The van der Waals surface area contributed by atoms with Gasteiger partial charge in [0.25, 0.3) is 0 Å². The fourth-order valence-corrected chi connectivity index (χ4v) is 5.36. The van der Waals surface area contributed by atoms with E-state index in [-0.39, 0.29) is 81.5 Å². The first kappa shape index (κ1) is 41.5. The van der Waals surface area contributed by atoms with Crippen molar-refractivity contribution in [2.75, 3.05) is 13.2 Å². The maximum Gasteiger partial charge on any atom is 1.00 e. The average Bonchev–Trinajstić information content (AvgIpc) is 3.02. The summed E-state index contributed by atoms with van der Waals surface area (Å²) >= 11 is 0. The van der Waals surface area contributed by atoms with E-state index in [0.717, 1.165) is 12.1 Å². The number of rotatable bonds is 12. The number of aromatic hydroxyl groups is 4. The molecule has 266 valence electrons. The molecule has 2 aliphatic heterocycles. The minimum absolute atomic E-state index is 0. The molecule has 49 heavy (non-hydrogen) atoms. The van der Waals surface area contributed by atoms with Crippen LogP contribution in [0, 0.1) is 0 Å². The second-order valence-corrected chi connectivity index (χ2v) is 12.0. The van der Waals surface area contributed by atoms with Gasteiger partial charge in [-0.2, -0.15) is 0 Å². The van der Waals surface area contributed by atoms with Crippen molar-refractivity contribution in [3.05, 3.63) is 53.6 Å². The number of ether oxygens (including phenoxy) is 5. The predicted octanol–water partition coefficient (Wildman–Crippen LogP) is -4.53. The molecule has 2 aromatic rings. The molecule has 0 bridgehead atoms. The molecule has 20 heteroatoms. The topological polar surface area (TPSA) is 291 Å². The molecular formula is C29H35KO18S. The van der Waals surface area contributed by atoms with Crippen LogP contribution < -0.4 is 51.4 Å². The van der Waals surface area contributed by atoms with Crippen LogP contribution in [0.4, 0.5) is 0 Å². The third kappa shape index (κ3) is 11.3. The molecule has 18 nitrogen and oxygen atoms in total. The predicted molar refractivity (Wildman–Crippen MR) is 156 cm³/mol. The number of carbonyl (C=O) groups is 1. The summed E-state index contributed by atoms with van der Waals surface area (Å²) in [5.41, 5.74) is 0.807. The van der Waals surface area contributed by atoms with Crippen molar-refractivity contribution in [2.45, 2.75) is 74.8 Å². The number of hydrogen-bond donors (Lipinski definition) is 8. The Labute approximate surface area is 322 Å². The van der Waals surface area contributed by atoms with Crippen LogP contribution in [-0.4, -0.2) is 134 Å². The summed E-state index contributed by atoms with van der Waals surface area (Å²) in [5.74, 6) is -2.64. The molecule has 0 amide bonds. The van der Waals surface area contributed by atoms with E-state index in [2.05, 4.69) is 4.18 Å². The van der Waals surface area contributed by atoms with Gasteiger partial charge in [-0.3, -0.25) is 4.18 Å². The molecular weight excluding hydrogens is 707 g/mol. The van der Waals surface area contributed by atoms with E-state index in [0.29, 0.717) is 5.56 Å². The molecule has 10 atom stereocenters. The van der Waals surface area contributed by atoms with E-state index in [1.54, 1.807) is 0 Å².